The van der Waals surface area contributed by atoms with Gasteiger partial charge in [0.2, 0.25) is 0 Å². The van der Waals surface area contributed by atoms with Crippen molar-refractivity contribution >= 4 is 0 Å². The molecule has 18 heavy (non-hydrogen) atoms. The van der Waals surface area contributed by atoms with Crippen molar-refractivity contribution in [2.24, 2.45) is 0 Å². The van der Waals surface area contributed by atoms with E-state index in [1.807, 2.05) is 10.9 Å². The minimum atomic E-state index is 0.317. The second-order valence-corrected chi connectivity index (χ2v) is 4.76. The van der Waals surface area contributed by atoms with Crippen LogP contribution in [0.2, 0.25) is 0 Å². The predicted molar refractivity (Wildman–Crippen MR) is 74.6 cm³/mol. The van der Waals surface area contributed by atoms with Gasteiger partial charge in [0.1, 0.15) is 0 Å². The number of ether oxygens (including phenoxy) is 1. The molecule has 0 amide bonds. The van der Waals surface area contributed by atoms with Crippen LogP contribution in [0.15, 0.2) is 12.4 Å². The first-order valence-corrected chi connectivity index (χ1v) is 6.99. The first-order chi connectivity index (χ1) is 8.71. The van der Waals surface area contributed by atoms with Crippen LogP contribution in [0.25, 0.3) is 0 Å². The molecule has 1 rings (SSSR count). The van der Waals surface area contributed by atoms with E-state index < -0.39 is 0 Å². The number of nitrogens with zero attached hydrogens (tertiary/aromatic N) is 2. The van der Waals surface area contributed by atoms with Crippen molar-refractivity contribution in [2.75, 3.05) is 13.7 Å². The van der Waals surface area contributed by atoms with Crippen LogP contribution in [0.5, 0.6) is 0 Å². The Morgan fingerprint density at radius 2 is 2.17 bits per heavy atom. The Morgan fingerprint density at radius 3 is 2.72 bits per heavy atom. The SMILES string of the molecule is CCCNC(CCC(C)OC)c1cnn(CC)c1. The third-order valence-corrected chi connectivity index (χ3v) is 3.28. The summed E-state index contributed by atoms with van der Waals surface area (Å²) in [7, 11) is 1.77. The summed E-state index contributed by atoms with van der Waals surface area (Å²) in [6, 6.07) is 0.392. The Bertz CT molecular complexity index is 325. The molecule has 0 bridgehead atoms. The molecule has 0 aliphatic carbocycles. The van der Waals surface area contributed by atoms with Crippen LogP contribution in [0, 0.1) is 0 Å². The van der Waals surface area contributed by atoms with Crippen LogP contribution in [-0.4, -0.2) is 29.5 Å². The lowest BCUT2D eigenvalue weighted by molar-refractivity contribution is 0.106. The van der Waals surface area contributed by atoms with Gasteiger partial charge in [-0.05, 0) is 39.7 Å². The quantitative estimate of drug-likeness (QED) is 0.735. The van der Waals surface area contributed by atoms with Crippen molar-refractivity contribution in [2.45, 2.75) is 58.7 Å². The average Bonchev–Trinajstić information content (AvgIpc) is 2.87. The third kappa shape index (κ3) is 4.78. The van der Waals surface area contributed by atoms with Crippen LogP contribution in [-0.2, 0) is 11.3 Å². The molecule has 4 nitrogen and oxygen atoms in total. The highest BCUT2D eigenvalue weighted by Gasteiger charge is 2.14. The molecule has 104 valence electrons. The highest BCUT2D eigenvalue weighted by molar-refractivity contribution is 5.10. The van der Waals surface area contributed by atoms with Crippen LogP contribution < -0.4 is 5.32 Å². The molecular weight excluding hydrogens is 226 g/mol. The van der Waals surface area contributed by atoms with Crippen molar-refractivity contribution in [1.82, 2.24) is 15.1 Å². The van der Waals surface area contributed by atoms with Crippen molar-refractivity contribution in [1.29, 1.82) is 0 Å². The molecule has 2 unspecified atom stereocenters. The Labute approximate surface area is 111 Å². The van der Waals surface area contributed by atoms with E-state index in [-0.39, 0.29) is 0 Å². The fourth-order valence-corrected chi connectivity index (χ4v) is 1.96. The molecular formula is C14H27N3O. The number of methoxy groups -OCH3 is 1. The Kier molecular flexibility index (Phi) is 6.98. The van der Waals surface area contributed by atoms with Crippen LogP contribution in [0.4, 0.5) is 0 Å². The Hall–Kier alpha value is -0.870. The maximum absolute atomic E-state index is 5.32. The monoisotopic (exact) mass is 253 g/mol. The molecule has 0 radical (unpaired) electrons. The van der Waals surface area contributed by atoms with Gasteiger partial charge < -0.3 is 10.1 Å². The number of aromatic nitrogens is 2. The first-order valence-electron chi connectivity index (χ1n) is 6.99. The second-order valence-electron chi connectivity index (χ2n) is 4.76. The molecule has 1 N–H and O–H groups in total. The molecule has 0 spiro atoms. The lowest BCUT2D eigenvalue weighted by Gasteiger charge is -2.19. The van der Waals surface area contributed by atoms with E-state index in [1.165, 1.54) is 5.56 Å². The second kappa shape index (κ2) is 8.27. The van der Waals surface area contributed by atoms with Gasteiger partial charge in [-0.25, -0.2) is 0 Å². The lowest BCUT2D eigenvalue weighted by Crippen LogP contribution is -2.23. The summed E-state index contributed by atoms with van der Waals surface area (Å²) < 4.78 is 7.30. The molecule has 0 fully saturated rings. The highest BCUT2D eigenvalue weighted by Crippen LogP contribution is 2.19. The molecule has 0 saturated carbocycles. The molecule has 1 aromatic rings. The lowest BCUT2D eigenvalue weighted by atomic mass is 10.0. The smallest absolute Gasteiger partial charge is 0.0543 e. The van der Waals surface area contributed by atoms with Gasteiger partial charge in [-0.1, -0.05) is 6.92 Å². The zero-order valence-corrected chi connectivity index (χ0v) is 12.1. The molecule has 2 atom stereocenters. The summed E-state index contributed by atoms with van der Waals surface area (Å²) in [5, 5.41) is 7.95. The van der Waals surface area contributed by atoms with Crippen molar-refractivity contribution < 1.29 is 4.74 Å². The molecule has 4 heteroatoms. The summed E-state index contributed by atoms with van der Waals surface area (Å²) in [5.41, 5.74) is 1.29. The Morgan fingerprint density at radius 1 is 1.39 bits per heavy atom. The summed E-state index contributed by atoms with van der Waals surface area (Å²) in [6.45, 7) is 8.39. The number of rotatable bonds is 9. The summed E-state index contributed by atoms with van der Waals surface area (Å²) in [5.74, 6) is 0. The molecule has 0 aliphatic heterocycles. The normalized spacial score (nSPS) is 14.7. The van der Waals surface area contributed by atoms with Crippen LogP contribution in [0.1, 0.15) is 51.6 Å². The maximum atomic E-state index is 5.32. The zero-order valence-electron chi connectivity index (χ0n) is 12.1. The van der Waals surface area contributed by atoms with Crippen LogP contribution >= 0.6 is 0 Å². The van der Waals surface area contributed by atoms with E-state index in [2.05, 4.69) is 37.4 Å². The molecule has 0 saturated heterocycles. The standard InChI is InChI=1S/C14H27N3O/c1-5-9-15-14(8-7-12(3)18-4)13-10-16-17(6-2)11-13/h10-12,14-15H,5-9H2,1-4H3. The Balaban J connectivity index is 2.58. The van der Waals surface area contributed by atoms with Gasteiger partial charge in [0.25, 0.3) is 0 Å². The minimum Gasteiger partial charge on any atom is -0.382 e. The maximum Gasteiger partial charge on any atom is 0.0543 e. The largest absolute Gasteiger partial charge is 0.382 e. The third-order valence-electron chi connectivity index (χ3n) is 3.28. The minimum absolute atomic E-state index is 0.317. The van der Waals surface area contributed by atoms with Gasteiger partial charge >= 0.3 is 0 Å². The van der Waals surface area contributed by atoms with E-state index in [4.69, 9.17) is 4.74 Å². The van der Waals surface area contributed by atoms with Gasteiger partial charge in [-0.15, -0.1) is 0 Å². The predicted octanol–water partition coefficient (Wildman–Crippen LogP) is 2.76. The average molecular weight is 253 g/mol. The fourth-order valence-electron chi connectivity index (χ4n) is 1.96. The van der Waals surface area contributed by atoms with Gasteiger partial charge in [0, 0.05) is 31.5 Å². The van der Waals surface area contributed by atoms with Gasteiger partial charge in [0.15, 0.2) is 0 Å². The van der Waals surface area contributed by atoms with Crippen molar-refractivity contribution in [3.63, 3.8) is 0 Å². The van der Waals surface area contributed by atoms with Gasteiger partial charge in [0.05, 0.1) is 12.3 Å². The molecule has 1 aromatic heterocycles. The van der Waals surface area contributed by atoms with E-state index in [1.54, 1.807) is 7.11 Å². The summed E-state index contributed by atoms with van der Waals surface area (Å²) >= 11 is 0. The molecule has 0 aromatic carbocycles. The number of nitrogens with one attached hydrogen (secondary N) is 1. The topological polar surface area (TPSA) is 39.1 Å². The van der Waals surface area contributed by atoms with Gasteiger partial charge in [-0.2, -0.15) is 5.10 Å². The first kappa shape index (κ1) is 15.2. The van der Waals surface area contributed by atoms with Crippen LogP contribution in [0.3, 0.4) is 0 Å². The molecule has 0 aliphatic rings. The number of aryl methyl sites for hydroxylation is 1. The number of hydrogen-bond acceptors (Lipinski definition) is 3. The van der Waals surface area contributed by atoms with Crippen molar-refractivity contribution in [3.05, 3.63) is 18.0 Å². The highest BCUT2D eigenvalue weighted by atomic mass is 16.5. The van der Waals surface area contributed by atoms with E-state index in [0.29, 0.717) is 12.1 Å². The zero-order chi connectivity index (χ0) is 13.4. The van der Waals surface area contributed by atoms with Gasteiger partial charge in [-0.3, -0.25) is 4.68 Å². The van der Waals surface area contributed by atoms with E-state index in [0.717, 1.165) is 32.4 Å². The summed E-state index contributed by atoms with van der Waals surface area (Å²) in [6.07, 6.45) is 7.74. The summed E-state index contributed by atoms with van der Waals surface area (Å²) in [4.78, 5) is 0. The van der Waals surface area contributed by atoms with E-state index in [9.17, 15) is 0 Å². The number of hydrogen-bond donors (Lipinski definition) is 1. The van der Waals surface area contributed by atoms with Crippen molar-refractivity contribution in [3.8, 4) is 0 Å². The molecule has 1 heterocycles. The van der Waals surface area contributed by atoms with E-state index >= 15 is 0 Å². The fraction of sp³-hybridized carbons (Fsp3) is 0.786.